The Labute approximate surface area is 108 Å². The van der Waals surface area contributed by atoms with Gasteiger partial charge in [0.05, 0.1) is 23.8 Å². The molecule has 0 fully saturated rings. The summed E-state index contributed by atoms with van der Waals surface area (Å²) in [6.45, 7) is 1.15. The highest BCUT2D eigenvalue weighted by atomic mass is 35.5. The molecule has 2 heterocycles. The van der Waals surface area contributed by atoms with Crippen LogP contribution < -0.4 is 15.2 Å². The van der Waals surface area contributed by atoms with E-state index in [1.54, 1.807) is 18.2 Å². The molecule has 2 aromatic rings. The number of anilines is 1. The van der Waals surface area contributed by atoms with Gasteiger partial charge in [-0.05, 0) is 12.1 Å². The zero-order valence-electron chi connectivity index (χ0n) is 9.48. The van der Waals surface area contributed by atoms with Crippen molar-refractivity contribution < 1.29 is 14.0 Å². The van der Waals surface area contributed by atoms with Gasteiger partial charge in [0, 0.05) is 12.5 Å². The first-order valence-electron chi connectivity index (χ1n) is 5.56. The number of fused-ring (bicyclic) bond motifs is 1. The number of nitrogen functional groups attached to an aromatic ring is 1. The molecule has 0 saturated carbocycles. The van der Waals surface area contributed by atoms with Gasteiger partial charge in [-0.3, -0.25) is 0 Å². The predicted molar refractivity (Wildman–Crippen MR) is 67.0 cm³/mol. The molecule has 0 atom stereocenters. The number of nitrogens with two attached hydrogens (primary N) is 1. The van der Waals surface area contributed by atoms with Crippen LogP contribution in [0.4, 0.5) is 5.82 Å². The molecule has 94 valence electrons. The van der Waals surface area contributed by atoms with E-state index < -0.39 is 0 Å². The normalized spacial score (nSPS) is 14.3. The Balaban J connectivity index is 2.15. The highest BCUT2D eigenvalue weighted by molar-refractivity contribution is 6.32. The number of hydrogen-bond acceptors (Lipinski definition) is 5. The number of aromatic nitrogens is 1. The van der Waals surface area contributed by atoms with Crippen LogP contribution in [0.1, 0.15) is 6.42 Å². The van der Waals surface area contributed by atoms with E-state index >= 15 is 0 Å². The summed E-state index contributed by atoms with van der Waals surface area (Å²) in [6, 6.07) is 5.18. The summed E-state index contributed by atoms with van der Waals surface area (Å²) in [5.74, 6) is 1.98. The van der Waals surface area contributed by atoms with Crippen LogP contribution in [0, 0.1) is 0 Å². The van der Waals surface area contributed by atoms with E-state index in [1.807, 2.05) is 0 Å². The van der Waals surface area contributed by atoms with Gasteiger partial charge in [-0.15, -0.1) is 0 Å². The molecule has 1 aliphatic rings. The molecule has 18 heavy (non-hydrogen) atoms. The highest BCUT2D eigenvalue weighted by Crippen LogP contribution is 2.44. The molecule has 5 nitrogen and oxygen atoms in total. The second kappa shape index (κ2) is 4.42. The van der Waals surface area contributed by atoms with Crippen LogP contribution in [0.5, 0.6) is 11.5 Å². The Kier molecular flexibility index (Phi) is 2.76. The molecular weight excluding hydrogens is 256 g/mol. The molecule has 6 heteroatoms. The van der Waals surface area contributed by atoms with E-state index in [9.17, 15) is 0 Å². The number of ether oxygens (including phenoxy) is 2. The maximum Gasteiger partial charge on any atom is 0.180 e. The van der Waals surface area contributed by atoms with Gasteiger partial charge in [-0.2, -0.15) is 0 Å². The smallest absolute Gasteiger partial charge is 0.180 e. The average Bonchev–Trinajstić information content (AvgIpc) is 2.64. The van der Waals surface area contributed by atoms with Gasteiger partial charge in [-0.25, -0.2) is 0 Å². The number of benzene rings is 1. The second-order valence-electron chi connectivity index (χ2n) is 3.92. The standard InChI is InChI=1S/C12H11ClN2O3/c13-8-3-2-7(9-6-10(14)15-18-9)11-12(8)17-5-1-4-16-11/h2-3,6H,1,4-5H2,(H2,14,15). The van der Waals surface area contributed by atoms with Crippen LogP contribution in [0.25, 0.3) is 11.3 Å². The van der Waals surface area contributed by atoms with Crippen molar-refractivity contribution in [2.75, 3.05) is 18.9 Å². The molecule has 0 amide bonds. The zero-order chi connectivity index (χ0) is 12.5. The second-order valence-corrected chi connectivity index (χ2v) is 4.33. The third-order valence-electron chi connectivity index (χ3n) is 2.64. The van der Waals surface area contributed by atoms with Gasteiger partial charge in [0.1, 0.15) is 0 Å². The van der Waals surface area contributed by atoms with Gasteiger partial charge in [0.2, 0.25) is 0 Å². The van der Waals surface area contributed by atoms with Crippen LogP contribution >= 0.6 is 11.6 Å². The first-order valence-corrected chi connectivity index (χ1v) is 5.94. The van der Waals surface area contributed by atoms with E-state index in [4.69, 9.17) is 31.3 Å². The van der Waals surface area contributed by atoms with Gasteiger partial charge >= 0.3 is 0 Å². The summed E-state index contributed by atoms with van der Waals surface area (Å²) in [6.07, 6.45) is 0.809. The molecule has 1 aromatic carbocycles. The minimum atomic E-state index is 0.322. The lowest BCUT2D eigenvalue weighted by Crippen LogP contribution is -1.97. The maximum atomic E-state index is 6.10. The number of rotatable bonds is 1. The van der Waals surface area contributed by atoms with Gasteiger partial charge in [0.15, 0.2) is 23.1 Å². The van der Waals surface area contributed by atoms with Crippen molar-refractivity contribution in [3.8, 4) is 22.8 Å². The van der Waals surface area contributed by atoms with Gasteiger partial charge in [-0.1, -0.05) is 16.8 Å². The molecule has 0 bridgehead atoms. The number of halogens is 1. The van der Waals surface area contributed by atoms with E-state index in [0.29, 0.717) is 41.3 Å². The topological polar surface area (TPSA) is 70.5 Å². The third kappa shape index (κ3) is 1.86. The fourth-order valence-electron chi connectivity index (χ4n) is 1.83. The van der Waals surface area contributed by atoms with Crippen molar-refractivity contribution in [1.82, 2.24) is 5.16 Å². The minimum Gasteiger partial charge on any atom is -0.489 e. The van der Waals surface area contributed by atoms with Crippen molar-refractivity contribution in [3.05, 3.63) is 23.2 Å². The van der Waals surface area contributed by atoms with Crippen LogP contribution in [0.2, 0.25) is 5.02 Å². The van der Waals surface area contributed by atoms with Crippen molar-refractivity contribution in [1.29, 1.82) is 0 Å². The molecule has 0 radical (unpaired) electrons. The predicted octanol–water partition coefficient (Wildman–Crippen LogP) is 2.74. The monoisotopic (exact) mass is 266 g/mol. The lowest BCUT2D eigenvalue weighted by molar-refractivity contribution is 0.297. The first kappa shape index (κ1) is 11.2. The lowest BCUT2D eigenvalue weighted by atomic mass is 10.1. The van der Waals surface area contributed by atoms with Gasteiger partial charge < -0.3 is 19.7 Å². The Morgan fingerprint density at radius 2 is 1.94 bits per heavy atom. The maximum absolute atomic E-state index is 6.10. The van der Waals surface area contributed by atoms with E-state index in [-0.39, 0.29) is 0 Å². The zero-order valence-corrected chi connectivity index (χ0v) is 10.2. The van der Waals surface area contributed by atoms with E-state index in [1.165, 1.54) is 0 Å². The summed E-state index contributed by atoms with van der Waals surface area (Å²) >= 11 is 6.10. The number of hydrogen-bond donors (Lipinski definition) is 1. The lowest BCUT2D eigenvalue weighted by Gasteiger charge is -2.11. The highest BCUT2D eigenvalue weighted by Gasteiger charge is 2.21. The van der Waals surface area contributed by atoms with Crippen molar-refractivity contribution in [3.63, 3.8) is 0 Å². The Morgan fingerprint density at radius 3 is 2.67 bits per heavy atom. The van der Waals surface area contributed by atoms with Crippen LogP contribution in [-0.2, 0) is 0 Å². The minimum absolute atomic E-state index is 0.322. The van der Waals surface area contributed by atoms with Gasteiger partial charge in [0.25, 0.3) is 0 Å². The van der Waals surface area contributed by atoms with Crippen molar-refractivity contribution in [2.24, 2.45) is 0 Å². The van der Waals surface area contributed by atoms with E-state index in [0.717, 1.165) is 12.0 Å². The molecule has 1 aliphatic heterocycles. The Morgan fingerprint density at radius 1 is 1.17 bits per heavy atom. The molecule has 0 unspecified atom stereocenters. The fourth-order valence-corrected chi connectivity index (χ4v) is 2.04. The molecule has 0 spiro atoms. The van der Waals surface area contributed by atoms with Crippen LogP contribution in [-0.4, -0.2) is 18.4 Å². The third-order valence-corrected chi connectivity index (χ3v) is 2.94. The summed E-state index contributed by atoms with van der Waals surface area (Å²) < 4.78 is 16.4. The number of nitrogens with zero attached hydrogens (tertiary/aromatic N) is 1. The molecule has 1 aromatic heterocycles. The first-order chi connectivity index (χ1) is 8.75. The fraction of sp³-hybridized carbons (Fsp3) is 0.250. The van der Waals surface area contributed by atoms with Crippen LogP contribution in [0.15, 0.2) is 22.7 Å². The summed E-state index contributed by atoms with van der Waals surface area (Å²) in [4.78, 5) is 0. The quantitative estimate of drug-likeness (QED) is 0.859. The van der Waals surface area contributed by atoms with E-state index in [2.05, 4.69) is 5.16 Å². The summed E-state index contributed by atoms with van der Waals surface area (Å²) in [7, 11) is 0. The molecule has 0 saturated heterocycles. The van der Waals surface area contributed by atoms with Crippen molar-refractivity contribution >= 4 is 17.4 Å². The average molecular weight is 267 g/mol. The summed E-state index contributed by atoms with van der Waals surface area (Å²) in [5.41, 5.74) is 6.29. The Hall–Kier alpha value is -1.88. The molecule has 0 aliphatic carbocycles. The summed E-state index contributed by atoms with van der Waals surface area (Å²) in [5, 5.41) is 4.18. The SMILES string of the molecule is Nc1cc(-c2ccc(Cl)c3c2OCCCO3)on1. The largest absolute Gasteiger partial charge is 0.489 e. The molecule has 2 N–H and O–H groups in total. The van der Waals surface area contributed by atoms with Crippen molar-refractivity contribution in [2.45, 2.75) is 6.42 Å². The Bertz CT molecular complexity index is 583. The molecule has 3 rings (SSSR count). The molecular formula is C12H11ClN2O3. The van der Waals surface area contributed by atoms with Crippen LogP contribution in [0.3, 0.4) is 0 Å².